The average molecular weight is 534 g/mol. The molecule has 0 aromatic heterocycles. The van der Waals surface area contributed by atoms with E-state index < -0.39 is 41.3 Å². The molecule has 1 aliphatic rings. The number of esters is 1. The topological polar surface area (TPSA) is 162 Å². The molecule has 0 fully saturated rings. The van der Waals surface area contributed by atoms with Gasteiger partial charge < -0.3 is 35.5 Å². The van der Waals surface area contributed by atoms with Crippen molar-refractivity contribution in [1.82, 2.24) is 15.5 Å². The van der Waals surface area contributed by atoms with Crippen LogP contribution in [0.25, 0.3) is 0 Å². The summed E-state index contributed by atoms with van der Waals surface area (Å²) >= 11 is 0. The zero-order valence-corrected chi connectivity index (χ0v) is 23.0. The molecule has 0 saturated heterocycles. The first kappa shape index (κ1) is 30.4. The van der Waals surface area contributed by atoms with Crippen molar-refractivity contribution in [2.75, 3.05) is 40.5 Å². The minimum atomic E-state index is -1.01. The number of benzene rings is 1. The lowest BCUT2D eigenvalue weighted by Gasteiger charge is -2.37. The van der Waals surface area contributed by atoms with Crippen molar-refractivity contribution in [3.8, 4) is 5.75 Å². The van der Waals surface area contributed by atoms with E-state index in [9.17, 15) is 19.2 Å². The number of primary amides is 1. The molecule has 1 heterocycles. The number of amides is 4. The lowest BCUT2D eigenvalue weighted by molar-refractivity contribution is -0.143. The lowest BCUT2D eigenvalue weighted by Crippen LogP contribution is -2.60. The Morgan fingerprint density at radius 1 is 1.18 bits per heavy atom. The van der Waals surface area contributed by atoms with Crippen LogP contribution in [0.15, 0.2) is 23.2 Å². The van der Waals surface area contributed by atoms with E-state index in [-0.39, 0.29) is 26.1 Å². The van der Waals surface area contributed by atoms with Gasteiger partial charge in [-0.15, -0.1) is 0 Å². The summed E-state index contributed by atoms with van der Waals surface area (Å²) in [7, 11) is 2.81. The molecule has 0 unspecified atom stereocenters. The maximum atomic E-state index is 13.6. The molecule has 38 heavy (non-hydrogen) atoms. The Balaban J connectivity index is 2.12. The van der Waals surface area contributed by atoms with Crippen LogP contribution in [0, 0.1) is 5.41 Å². The smallest absolute Gasteiger partial charge is 0.325 e. The van der Waals surface area contributed by atoms with E-state index in [0.717, 1.165) is 23.3 Å². The molecule has 0 bridgehead atoms. The van der Waals surface area contributed by atoms with Crippen molar-refractivity contribution in [2.45, 2.75) is 52.6 Å². The summed E-state index contributed by atoms with van der Waals surface area (Å²) in [6.07, 6.45) is 0.890. The van der Waals surface area contributed by atoms with Crippen molar-refractivity contribution in [2.24, 2.45) is 16.1 Å². The fourth-order valence-corrected chi connectivity index (χ4v) is 4.07. The highest BCUT2D eigenvalue weighted by atomic mass is 16.5. The first-order valence-electron chi connectivity index (χ1n) is 12.5. The predicted octanol–water partition coefficient (Wildman–Crippen LogP) is 0.994. The molecule has 210 valence electrons. The number of fused-ring (bicyclic) bond motifs is 1. The Hall–Kier alpha value is -3.83. The molecule has 0 radical (unpaired) electrons. The van der Waals surface area contributed by atoms with Gasteiger partial charge in [0, 0.05) is 25.1 Å². The number of aliphatic imine (C=N–C) groups is 1. The highest BCUT2D eigenvalue weighted by molar-refractivity contribution is 5.97. The third-order valence-corrected chi connectivity index (χ3v) is 6.15. The second-order valence-electron chi connectivity index (χ2n) is 9.84. The molecule has 0 aliphatic carbocycles. The van der Waals surface area contributed by atoms with E-state index in [1.54, 1.807) is 34.8 Å². The number of ether oxygens (including phenoxy) is 3. The number of carbonyl (C=O) groups is 4. The van der Waals surface area contributed by atoms with Crippen LogP contribution in [0.5, 0.6) is 5.75 Å². The molecule has 12 nitrogen and oxygen atoms in total. The standard InChI is InChI=1S/C26H39N5O7/c1-7-31(24(34)21(26(2,3)4)30-25(35)29-15-20(32)37-6)19(22(27)33)11-13-38-23-18-9-8-17(36-5)14-16(18)10-12-28-23/h8-9,14,19,21H,7,10-13,15H2,1-6H3,(H2,27,33)(H2,29,30,35)/t19-,21+/m0/s1. The normalized spacial score (nSPS) is 14.2. The number of hydrogen-bond acceptors (Lipinski definition) is 8. The van der Waals surface area contributed by atoms with Crippen molar-refractivity contribution in [3.05, 3.63) is 29.3 Å². The highest BCUT2D eigenvalue weighted by Gasteiger charge is 2.39. The van der Waals surface area contributed by atoms with Gasteiger partial charge in [-0.25, -0.2) is 4.79 Å². The van der Waals surface area contributed by atoms with Gasteiger partial charge in [-0.1, -0.05) is 20.8 Å². The van der Waals surface area contributed by atoms with E-state index >= 15 is 0 Å². The third kappa shape index (κ3) is 8.09. The van der Waals surface area contributed by atoms with Crippen molar-refractivity contribution in [3.63, 3.8) is 0 Å². The summed E-state index contributed by atoms with van der Waals surface area (Å²) in [6.45, 7) is 7.53. The summed E-state index contributed by atoms with van der Waals surface area (Å²) in [5, 5.41) is 4.97. The summed E-state index contributed by atoms with van der Waals surface area (Å²) in [4.78, 5) is 55.6. The van der Waals surface area contributed by atoms with Crippen molar-refractivity contribution in [1.29, 1.82) is 0 Å². The number of carbonyl (C=O) groups excluding carboxylic acids is 4. The van der Waals surface area contributed by atoms with Gasteiger partial charge in [0.25, 0.3) is 0 Å². The van der Waals surface area contributed by atoms with Crippen LogP contribution in [0.4, 0.5) is 4.79 Å². The summed E-state index contributed by atoms with van der Waals surface area (Å²) in [6, 6.07) is 2.95. The van der Waals surface area contributed by atoms with E-state index in [0.29, 0.717) is 12.4 Å². The zero-order valence-electron chi connectivity index (χ0n) is 23.0. The van der Waals surface area contributed by atoms with E-state index in [1.807, 2.05) is 18.2 Å². The van der Waals surface area contributed by atoms with Gasteiger partial charge in [0.1, 0.15) is 24.4 Å². The first-order chi connectivity index (χ1) is 17.9. The highest BCUT2D eigenvalue weighted by Crippen LogP contribution is 2.24. The molecule has 1 aliphatic heterocycles. The minimum Gasteiger partial charge on any atom is -0.497 e. The number of methoxy groups -OCH3 is 2. The molecule has 2 rings (SSSR count). The maximum absolute atomic E-state index is 13.6. The second kappa shape index (κ2) is 13.6. The predicted molar refractivity (Wildman–Crippen MR) is 141 cm³/mol. The quantitative estimate of drug-likeness (QED) is 0.357. The largest absolute Gasteiger partial charge is 0.497 e. The van der Waals surface area contributed by atoms with Gasteiger partial charge in [-0.2, -0.15) is 0 Å². The van der Waals surface area contributed by atoms with Crippen LogP contribution in [-0.4, -0.2) is 87.2 Å². The molecule has 1 aromatic carbocycles. The number of likely N-dealkylation sites (N-methyl/N-ethyl adjacent to an activating group) is 1. The Kier molecular flexibility index (Phi) is 10.9. The number of urea groups is 1. The minimum absolute atomic E-state index is 0.0922. The number of nitrogens with zero attached hydrogens (tertiary/aromatic N) is 2. The Morgan fingerprint density at radius 3 is 2.47 bits per heavy atom. The monoisotopic (exact) mass is 533 g/mol. The summed E-state index contributed by atoms with van der Waals surface area (Å²) < 4.78 is 15.7. The average Bonchev–Trinajstić information content (AvgIpc) is 2.88. The Morgan fingerprint density at radius 2 is 1.89 bits per heavy atom. The molecule has 0 saturated carbocycles. The molecule has 0 spiro atoms. The molecule has 2 atom stereocenters. The molecule has 12 heteroatoms. The Bertz CT molecular complexity index is 1050. The van der Waals surface area contributed by atoms with Crippen LogP contribution in [0.3, 0.4) is 0 Å². The number of nitrogens with two attached hydrogens (primary N) is 1. The van der Waals surface area contributed by atoms with Crippen molar-refractivity contribution < 1.29 is 33.4 Å². The first-order valence-corrected chi connectivity index (χ1v) is 12.5. The van der Waals surface area contributed by atoms with Gasteiger partial charge in [-0.3, -0.25) is 19.4 Å². The lowest BCUT2D eigenvalue weighted by atomic mass is 9.85. The third-order valence-electron chi connectivity index (χ3n) is 6.15. The zero-order chi connectivity index (χ0) is 28.5. The summed E-state index contributed by atoms with van der Waals surface area (Å²) in [5.74, 6) is -0.598. The Labute approximate surface area is 223 Å². The number of hydrogen-bond donors (Lipinski definition) is 3. The van der Waals surface area contributed by atoms with Crippen LogP contribution < -0.4 is 21.1 Å². The van der Waals surface area contributed by atoms with Crippen LogP contribution in [0.2, 0.25) is 0 Å². The van der Waals surface area contributed by atoms with E-state index in [1.165, 1.54) is 12.0 Å². The van der Waals surface area contributed by atoms with E-state index in [4.69, 9.17) is 15.2 Å². The van der Waals surface area contributed by atoms with Gasteiger partial charge in [0.05, 0.1) is 20.8 Å². The van der Waals surface area contributed by atoms with Gasteiger partial charge in [-0.05, 0) is 42.5 Å². The molecular formula is C26H39N5O7. The van der Waals surface area contributed by atoms with Gasteiger partial charge in [0.2, 0.25) is 17.7 Å². The SMILES string of the molecule is CCN(C(=O)[C@@H](NC(=O)NCC(=O)OC)C(C)(C)C)[C@@H](CCOC1=NCCc2cc(OC)ccc21)C(N)=O. The van der Waals surface area contributed by atoms with Crippen LogP contribution in [-0.2, 0) is 30.3 Å². The van der Waals surface area contributed by atoms with E-state index in [2.05, 4.69) is 20.4 Å². The maximum Gasteiger partial charge on any atom is 0.325 e. The molecule has 1 aromatic rings. The van der Waals surface area contributed by atoms with Crippen LogP contribution >= 0.6 is 0 Å². The molecule has 4 amide bonds. The number of rotatable bonds is 11. The fraction of sp³-hybridized carbons (Fsp3) is 0.577. The second-order valence-corrected chi connectivity index (χ2v) is 9.84. The van der Waals surface area contributed by atoms with Crippen molar-refractivity contribution >= 4 is 29.7 Å². The molecular weight excluding hydrogens is 494 g/mol. The molecule has 4 N–H and O–H groups in total. The van der Waals surface area contributed by atoms with Gasteiger partial charge in [0.15, 0.2) is 0 Å². The fourth-order valence-electron chi connectivity index (χ4n) is 4.07. The van der Waals surface area contributed by atoms with Gasteiger partial charge >= 0.3 is 12.0 Å². The van der Waals surface area contributed by atoms with Crippen LogP contribution in [0.1, 0.15) is 45.2 Å². The summed E-state index contributed by atoms with van der Waals surface area (Å²) in [5.41, 5.74) is 6.89. The number of nitrogens with one attached hydrogen (secondary N) is 2.